The molecular weight excluding hydrogens is 360 g/mol. The number of ether oxygens (including phenoxy) is 1. The van der Waals surface area contributed by atoms with Gasteiger partial charge in [0.05, 0.1) is 5.52 Å². The molecule has 4 rings (SSSR count). The SMILES string of the molecule is CC(F)(CF)Oc1ccc2ncnc(Nc3nc4cccnc4s3)c2c1. The summed E-state index contributed by atoms with van der Waals surface area (Å²) in [5.41, 5.74) is 1.41. The van der Waals surface area contributed by atoms with E-state index in [1.807, 2.05) is 12.1 Å². The van der Waals surface area contributed by atoms with Crippen LogP contribution >= 0.6 is 11.3 Å². The smallest absolute Gasteiger partial charge is 0.273 e. The van der Waals surface area contributed by atoms with E-state index in [0.717, 1.165) is 17.3 Å². The predicted molar refractivity (Wildman–Crippen MR) is 96.4 cm³/mol. The van der Waals surface area contributed by atoms with Crippen molar-refractivity contribution in [2.75, 3.05) is 12.0 Å². The van der Waals surface area contributed by atoms with E-state index in [9.17, 15) is 8.78 Å². The van der Waals surface area contributed by atoms with Gasteiger partial charge in [-0.25, -0.2) is 24.3 Å². The van der Waals surface area contributed by atoms with Gasteiger partial charge >= 0.3 is 0 Å². The number of alkyl halides is 2. The Bertz CT molecular complexity index is 1050. The zero-order chi connectivity index (χ0) is 18.1. The Hall–Kier alpha value is -2.94. The molecule has 1 aromatic carbocycles. The van der Waals surface area contributed by atoms with Gasteiger partial charge in [-0.3, -0.25) is 0 Å². The predicted octanol–water partition coefficient (Wildman–Crippen LogP) is 4.41. The third-order valence-corrected chi connectivity index (χ3v) is 4.46. The largest absolute Gasteiger partial charge is 0.455 e. The summed E-state index contributed by atoms with van der Waals surface area (Å²) in [6.07, 6.45) is 3.12. The normalized spacial score (nSPS) is 13.7. The zero-order valence-electron chi connectivity index (χ0n) is 13.6. The summed E-state index contributed by atoms with van der Waals surface area (Å²) in [4.78, 5) is 17.9. The second-order valence-electron chi connectivity index (χ2n) is 5.71. The Morgan fingerprint density at radius 2 is 2.08 bits per heavy atom. The van der Waals surface area contributed by atoms with Crippen LogP contribution in [0.1, 0.15) is 6.92 Å². The van der Waals surface area contributed by atoms with Crippen molar-refractivity contribution in [1.82, 2.24) is 19.9 Å². The monoisotopic (exact) mass is 373 g/mol. The Kier molecular flexibility index (Phi) is 4.08. The lowest BCUT2D eigenvalue weighted by Gasteiger charge is -2.19. The molecule has 0 spiro atoms. The maximum absolute atomic E-state index is 13.8. The number of halogens is 2. The van der Waals surface area contributed by atoms with E-state index >= 15 is 0 Å². The molecule has 1 unspecified atom stereocenters. The number of rotatable bonds is 5. The topological polar surface area (TPSA) is 72.8 Å². The fourth-order valence-electron chi connectivity index (χ4n) is 2.40. The van der Waals surface area contributed by atoms with Gasteiger partial charge in [0, 0.05) is 18.5 Å². The van der Waals surface area contributed by atoms with Crippen LogP contribution < -0.4 is 10.1 Å². The van der Waals surface area contributed by atoms with Crippen molar-refractivity contribution in [1.29, 1.82) is 0 Å². The van der Waals surface area contributed by atoms with Gasteiger partial charge < -0.3 is 10.1 Å². The molecule has 9 heteroatoms. The van der Waals surface area contributed by atoms with Gasteiger partial charge in [0.25, 0.3) is 5.85 Å². The Morgan fingerprint density at radius 1 is 1.19 bits per heavy atom. The number of hydrogen-bond donors (Lipinski definition) is 1. The van der Waals surface area contributed by atoms with Crippen molar-refractivity contribution >= 4 is 43.5 Å². The van der Waals surface area contributed by atoms with Gasteiger partial charge in [-0.2, -0.15) is 4.39 Å². The first-order chi connectivity index (χ1) is 12.5. The number of benzene rings is 1. The Balaban J connectivity index is 1.71. The van der Waals surface area contributed by atoms with Gasteiger partial charge in [0.2, 0.25) is 0 Å². The molecule has 0 saturated carbocycles. The molecule has 0 bridgehead atoms. The van der Waals surface area contributed by atoms with Crippen LogP contribution in [0, 0.1) is 0 Å². The minimum Gasteiger partial charge on any atom is -0.455 e. The molecule has 0 aliphatic heterocycles. The number of anilines is 2. The molecule has 6 nitrogen and oxygen atoms in total. The summed E-state index contributed by atoms with van der Waals surface area (Å²) < 4.78 is 31.6. The standard InChI is InChI=1S/C17H13F2N5OS/c1-17(19,8-18)25-10-4-5-12-11(7-10)14(22-9-21-12)24-16-23-13-3-2-6-20-15(13)26-16/h2-7,9H,8H2,1H3,(H,21,22,23,24). The summed E-state index contributed by atoms with van der Waals surface area (Å²) in [6.45, 7) is -0.216. The highest BCUT2D eigenvalue weighted by Gasteiger charge is 2.25. The van der Waals surface area contributed by atoms with Crippen molar-refractivity contribution in [3.05, 3.63) is 42.9 Å². The number of nitrogens with zero attached hydrogens (tertiary/aromatic N) is 4. The van der Waals surface area contributed by atoms with Crippen LogP contribution in [0.25, 0.3) is 21.3 Å². The number of pyridine rings is 1. The minimum absolute atomic E-state index is 0.184. The molecule has 3 aromatic heterocycles. The van der Waals surface area contributed by atoms with E-state index in [1.165, 1.54) is 23.7 Å². The van der Waals surface area contributed by atoms with Gasteiger partial charge in [0.15, 0.2) is 11.8 Å². The quantitative estimate of drug-likeness (QED) is 0.559. The van der Waals surface area contributed by atoms with Crippen LogP contribution in [-0.2, 0) is 0 Å². The maximum atomic E-state index is 13.8. The molecule has 1 N–H and O–H groups in total. The van der Waals surface area contributed by atoms with Gasteiger partial charge in [-0.15, -0.1) is 0 Å². The number of nitrogens with one attached hydrogen (secondary N) is 1. The van der Waals surface area contributed by atoms with Crippen LogP contribution in [0.5, 0.6) is 5.75 Å². The van der Waals surface area contributed by atoms with Crippen LogP contribution in [0.3, 0.4) is 0 Å². The second kappa shape index (κ2) is 6.41. The van der Waals surface area contributed by atoms with E-state index in [4.69, 9.17) is 4.74 Å². The fourth-order valence-corrected chi connectivity index (χ4v) is 3.20. The minimum atomic E-state index is -2.39. The molecule has 0 amide bonds. The van der Waals surface area contributed by atoms with E-state index in [2.05, 4.69) is 25.3 Å². The second-order valence-corrected chi connectivity index (χ2v) is 6.69. The molecule has 0 radical (unpaired) electrons. The first-order valence-corrected chi connectivity index (χ1v) is 8.53. The van der Waals surface area contributed by atoms with E-state index in [1.54, 1.807) is 18.3 Å². The Labute approximate surface area is 150 Å². The Morgan fingerprint density at radius 3 is 2.88 bits per heavy atom. The molecule has 1 atom stereocenters. The summed E-state index contributed by atoms with van der Waals surface area (Å²) in [5, 5.41) is 4.35. The molecule has 132 valence electrons. The molecule has 26 heavy (non-hydrogen) atoms. The molecule has 0 fully saturated rings. The fraction of sp³-hybridized carbons (Fsp3) is 0.176. The lowest BCUT2D eigenvalue weighted by molar-refractivity contribution is -0.0622. The molecule has 0 aliphatic rings. The molecule has 3 heterocycles. The van der Waals surface area contributed by atoms with Crippen molar-refractivity contribution in [3.8, 4) is 5.75 Å². The summed E-state index contributed by atoms with van der Waals surface area (Å²) in [7, 11) is 0. The average Bonchev–Trinajstić information content (AvgIpc) is 3.04. The van der Waals surface area contributed by atoms with E-state index in [-0.39, 0.29) is 5.75 Å². The average molecular weight is 373 g/mol. The zero-order valence-corrected chi connectivity index (χ0v) is 14.4. The summed E-state index contributed by atoms with van der Waals surface area (Å²) in [5.74, 6) is -1.72. The highest BCUT2D eigenvalue weighted by molar-refractivity contribution is 7.21. The molecule has 4 aromatic rings. The molecule has 0 aliphatic carbocycles. The first-order valence-electron chi connectivity index (χ1n) is 7.71. The van der Waals surface area contributed by atoms with Crippen LogP contribution in [0.4, 0.5) is 19.7 Å². The van der Waals surface area contributed by atoms with Crippen LogP contribution in [-0.4, -0.2) is 32.5 Å². The number of thiazole rings is 1. The van der Waals surface area contributed by atoms with Crippen LogP contribution in [0.15, 0.2) is 42.9 Å². The van der Waals surface area contributed by atoms with Crippen molar-refractivity contribution < 1.29 is 13.5 Å². The van der Waals surface area contributed by atoms with Gasteiger partial charge in [-0.05, 0) is 30.3 Å². The molecule has 0 saturated heterocycles. The number of fused-ring (bicyclic) bond motifs is 2. The third kappa shape index (κ3) is 3.25. The van der Waals surface area contributed by atoms with Crippen molar-refractivity contribution in [2.45, 2.75) is 12.8 Å². The highest BCUT2D eigenvalue weighted by Crippen LogP contribution is 2.31. The van der Waals surface area contributed by atoms with Crippen LogP contribution in [0.2, 0.25) is 0 Å². The molecular formula is C17H13F2N5OS. The van der Waals surface area contributed by atoms with Gasteiger partial charge in [0.1, 0.15) is 28.2 Å². The summed E-state index contributed by atoms with van der Waals surface area (Å²) in [6, 6.07) is 8.44. The maximum Gasteiger partial charge on any atom is 0.273 e. The van der Waals surface area contributed by atoms with Crippen molar-refractivity contribution in [3.63, 3.8) is 0 Å². The first kappa shape index (κ1) is 16.5. The van der Waals surface area contributed by atoms with E-state index in [0.29, 0.717) is 21.9 Å². The van der Waals surface area contributed by atoms with E-state index < -0.39 is 12.5 Å². The lowest BCUT2D eigenvalue weighted by atomic mass is 10.2. The number of hydrogen-bond acceptors (Lipinski definition) is 7. The number of aromatic nitrogens is 4. The van der Waals surface area contributed by atoms with Crippen molar-refractivity contribution in [2.24, 2.45) is 0 Å². The third-order valence-electron chi connectivity index (χ3n) is 3.57. The van der Waals surface area contributed by atoms with Gasteiger partial charge in [-0.1, -0.05) is 11.3 Å². The summed E-state index contributed by atoms with van der Waals surface area (Å²) >= 11 is 1.38. The highest BCUT2D eigenvalue weighted by atomic mass is 32.1. The lowest BCUT2D eigenvalue weighted by Crippen LogP contribution is -2.28.